The van der Waals surface area contributed by atoms with Crippen molar-refractivity contribution in [3.63, 3.8) is 0 Å². The van der Waals surface area contributed by atoms with Crippen molar-refractivity contribution in [2.75, 3.05) is 12.0 Å². The van der Waals surface area contributed by atoms with E-state index in [2.05, 4.69) is 0 Å². The lowest BCUT2D eigenvalue weighted by molar-refractivity contribution is 0.0960. The van der Waals surface area contributed by atoms with Gasteiger partial charge in [-0.1, -0.05) is 23.2 Å². The topological polar surface area (TPSA) is 77.2 Å². The van der Waals surface area contributed by atoms with Crippen LogP contribution in [0.15, 0.2) is 18.2 Å². The summed E-state index contributed by atoms with van der Waals surface area (Å²) in [6.45, 7) is 0. The molecular formula is C11H13Cl2NO3S. The minimum Gasteiger partial charge on any atom is -0.321 e. The fourth-order valence-electron chi connectivity index (χ4n) is 1.34. The van der Waals surface area contributed by atoms with Crippen molar-refractivity contribution in [2.24, 2.45) is 5.73 Å². The van der Waals surface area contributed by atoms with Crippen LogP contribution in [0.4, 0.5) is 0 Å². The molecule has 0 bridgehead atoms. The van der Waals surface area contributed by atoms with Gasteiger partial charge in [0.1, 0.15) is 9.84 Å². The average molecular weight is 310 g/mol. The number of nitrogens with two attached hydrogens (primary N) is 1. The summed E-state index contributed by atoms with van der Waals surface area (Å²) in [6.07, 6.45) is 1.18. The number of rotatable bonds is 5. The zero-order valence-corrected chi connectivity index (χ0v) is 12.0. The summed E-state index contributed by atoms with van der Waals surface area (Å²) < 4.78 is 22.0. The molecule has 0 saturated heterocycles. The number of Topliss-reactive ketones (excluding diaryl/α,β-unsaturated/α-hetero) is 1. The van der Waals surface area contributed by atoms with Crippen molar-refractivity contribution >= 4 is 38.8 Å². The molecule has 1 aromatic rings. The fraction of sp³-hybridized carbons (Fsp3) is 0.364. The molecule has 2 N–H and O–H groups in total. The van der Waals surface area contributed by atoms with Gasteiger partial charge in [-0.25, -0.2) is 8.42 Å². The summed E-state index contributed by atoms with van der Waals surface area (Å²) in [5, 5.41) is 0.607. The van der Waals surface area contributed by atoms with Gasteiger partial charge in [0.15, 0.2) is 5.78 Å². The lowest BCUT2D eigenvalue weighted by Crippen LogP contribution is -2.32. The molecule has 100 valence electrons. The van der Waals surface area contributed by atoms with Crippen LogP contribution in [-0.4, -0.2) is 32.3 Å². The van der Waals surface area contributed by atoms with Crippen molar-refractivity contribution in [1.29, 1.82) is 0 Å². The molecule has 0 aliphatic rings. The Bertz CT molecular complexity index is 557. The number of carbonyl (C=O) groups is 1. The maximum absolute atomic E-state index is 11.9. The highest BCUT2D eigenvalue weighted by Gasteiger charge is 2.18. The van der Waals surface area contributed by atoms with E-state index in [1.54, 1.807) is 0 Å². The lowest BCUT2D eigenvalue weighted by atomic mass is 10.0. The molecular weight excluding hydrogens is 297 g/mol. The number of benzene rings is 1. The van der Waals surface area contributed by atoms with Crippen LogP contribution in [0.3, 0.4) is 0 Å². The van der Waals surface area contributed by atoms with Gasteiger partial charge in [-0.15, -0.1) is 0 Å². The zero-order chi connectivity index (χ0) is 13.9. The van der Waals surface area contributed by atoms with Gasteiger partial charge in [0, 0.05) is 11.8 Å². The van der Waals surface area contributed by atoms with Crippen molar-refractivity contribution in [3.05, 3.63) is 33.8 Å². The summed E-state index contributed by atoms with van der Waals surface area (Å²) in [7, 11) is -3.13. The Hall–Kier alpha value is -0.620. The maximum atomic E-state index is 11.9. The van der Waals surface area contributed by atoms with E-state index in [4.69, 9.17) is 28.9 Å². The molecule has 0 aliphatic heterocycles. The molecule has 1 rings (SSSR count). The van der Waals surface area contributed by atoms with Crippen LogP contribution in [0.5, 0.6) is 0 Å². The molecule has 1 atom stereocenters. The standard InChI is InChI=1S/C11H13Cl2NO3S/c1-18(16,17)5-4-10(14)11(15)7-2-3-8(12)9(13)6-7/h2-3,6,10H,4-5,14H2,1H3. The van der Waals surface area contributed by atoms with E-state index >= 15 is 0 Å². The van der Waals surface area contributed by atoms with E-state index in [1.165, 1.54) is 18.2 Å². The van der Waals surface area contributed by atoms with Crippen LogP contribution in [0, 0.1) is 0 Å². The van der Waals surface area contributed by atoms with E-state index in [0.29, 0.717) is 10.6 Å². The molecule has 0 heterocycles. The quantitative estimate of drug-likeness (QED) is 0.843. The number of ketones is 1. The fourth-order valence-corrected chi connectivity index (χ4v) is 2.32. The average Bonchev–Trinajstić information content (AvgIpc) is 2.27. The summed E-state index contributed by atoms with van der Waals surface area (Å²) >= 11 is 11.5. The normalized spacial score (nSPS) is 13.3. The highest BCUT2D eigenvalue weighted by atomic mass is 35.5. The monoisotopic (exact) mass is 309 g/mol. The van der Waals surface area contributed by atoms with Gasteiger partial charge in [-0.05, 0) is 24.6 Å². The predicted octanol–water partition coefficient (Wildman–Crippen LogP) is 1.94. The first-order valence-corrected chi connectivity index (χ1v) is 7.95. The minimum absolute atomic E-state index is 0.0813. The zero-order valence-electron chi connectivity index (χ0n) is 9.69. The van der Waals surface area contributed by atoms with Gasteiger partial charge in [-0.3, -0.25) is 4.79 Å². The van der Waals surface area contributed by atoms with Crippen molar-refractivity contribution in [1.82, 2.24) is 0 Å². The SMILES string of the molecule is CS(=O)(=O)CCC(N)C(=O)c1ccc(Cl)c(Cl)c1. The first-order chi connectivity index (χ1) is 8.20. The molecule has 0 spiro atoms. The van der Waals surface area contributed by atoms with Gasteiger partial charge < -0.3 is 5.73 Å². The third-order valence-corrected chi connectivity index (χ3v) is 4.06. The van der Waals surface area contributed by atoms with E-state index in [1.807, 2.05) is 0 Å². The Kier molecular flexibility index (Phi) is 5.16. The molecule has 7 heteroatoms. The maximum Gasteiger partial charge on any atom is 0.179 e. The van der Waals surface area contributed by atoms with Crippen LogP contribution >= 0.6 is 23.2 Å². The molecule has 0 saturated carbocycles. The van der Waals surface area contributed by atoms with Crippen LogP contribution in [0.2, 0.25) is 10.0 Å². The molecule has 1 unspecified atom stereocenters. The summed E-state index contributed by atoms with van der Waals surface area (Å²) in [5.74, 6) is -0.474. The van der Waals surface area contributed by atoms with E-state index in [0.717, 1.165) is 6.26 Å². The lowest BCUT2D eigenvalue weighted by Gasteiger charge is -2.10. The highest BCUT2D eigenvalue weighted by molar-refractivity contribution is 7.90. The van der Waals surface area contributed by atoms with E-state index < -0.39 is 15.9 Å². The van der Waals surface area contributed by atoms with Crippen LogP contribution in [0.1, 0.15) is 16.8 Å². The van der Waals surface area contributed by atoms with Gasteiger partial charge in [0.05, 0.1) is 21.8 Å². The molecule has 4 nitrogen and oxygen atoms in total. The first kappa shape index (κ1) is 15.4. The Morgan fingerprint density at radius 1 is 1.33 bits per heavy atom. The Morgan fingerprint density at radius 3 is 2.44 bits per heavy atom. The number of halogens is 2. The summed E-state index contributed by atoms with van der Waals surface area (Å²) in [5.41, 5.74) is 5.98. The molecule has 0 radical (unpaired) electrons. The third-order valence-electron chi connectivity index (χ3n) is 2.34. The molecule has 0 aromatic heterocycles. The largest absolute Gasteiger partial charge is 0.321 e. The molecule has 18 heavy (non-hydrogen) atoms. The highest BCUT2D eigenvalue weighted by Crippen LogP contribution is 2.23. The Labute approximate surface area is 116 Å². The number of sulfone groups is 1. The van der Waals surface area contributed by atoms with Gasteiger partial charge in [-0.2, -0.15) is 0 Å². The smallest absolute Gasteiger partial charge is 0.179 e. The van der Waals surface area contributed by atoms with Gasteiger partial charge in [0.25, 0.3) is 0 Å². The Balaban J connectivity index is 2.77. The Morgan fingerprint density at radius 2 is 1.94 bits per heavy atom. The molecule has 0 aliphatic carbocycles. The minimum atomic E-state index is -3.13. The summed E-state index contributed by atoms with van der Waals surface area (Å²) in [4.78, 5) is 11.9. The molecule has 0 fully saturated rings. The van der Waals surface area contributed by atoms with Gasteiger partial charge >= 0.3 is 0 Å². The third kappa shape index (κ3) is 4.57. The van der Waals surface area contributed by atoms with Gasteiger partial charge in [0.2, 0.25) is 0 Å². The van der Waals surface area contributed by atoms with Crippen LogP contribution in [-0.2, 0) is 9.84 Å². The predicted molar refractivity (Wildman–Crippen MR) is 73.1 cm³/mol. The first-order valence-electron chi connectivity index (χ1n) is 5.13. The van der Waals surface area contributed by atoms with Crippen molar-refractivity contribution in [3.8, 4) is 0 Å². The number of hydrogen-bond donors (Lipinski definition) is 1. The summed E-state index contributed by atoms with van der Waals surface area (Å²) in [6, 6.07) is 3.57. The van der Waals surface area contributed by atoms with Crippen LogP contribution in [0.25, 0.3) is 0 Å². The second-order valence-corrected chi connectivity index (χ2v) is 7.09. The second-order valence-electron chi connectivity index (χ2n) is 4.02. The van der Waals surface area contributed by atoms with E-state index in [-0.39, 0.29) is 23.0 Å². The van der Waals surface area contributed by atoms with E-state index in [9.17, 15) is 13.2 Å². The van der Waals surface area contributed by atoms with Crippen LogP contribution < -0.4 is 5.73 Å². The number of carbonyl (C=O) groups excluding carboxylic acids is 1. The molecule has 0 amide bonds. The molecule has 1 aromatic carbocycles. The number of hydrogen-bond acceptors (Lipinski definition) is 4. The van der Waals surface area contributed by atoms with Crippen molar-refractivity contribution < 1.29 is 13.2 Å². The van der Waals surface area contributed by atoms with Crippen molar-refractivity contribution in [2.45, 2.75) is 12.5 Å². The second kappa shape index (κ2) is 6.02.